The predicted molar refractivity (Wildman–Crippen MR) is 84.0 cm³/mol. The van der Waals surface area contributed by atoms with E-state index in [2.05, 4.69) is 10.3 Å². The summed E-state index contributed by atoms with van der Waals surface area (Å²) in [5.41, 5.74) is 2.26. The first-order chi connectivity index (χ1) is 11.0. The van der Waals surface area contributed by atoms with Gasteiger partial charge in [0.25, 0.3) is 0 Å². The Balaban J connectivity index is 2.23. The van der Waals surface area contributed by atoms with E-state index < -0.39 is 11.9 Å². The molecule has 0 aliphatic rings. The topological polar surface area (TPSA) is 105 Å². The summed E-state index contributed by atoms with van der Waals surface area (Å²) in [6.45, 7) is 2.28. The lowest BCUT2D eigenvalue weighted by atomic mass is 10.1. The van der Waals surface area contributed by atoms with Crippen molar-refractivity contribution in [3.8, 4) is 0 Å². The van der Waals surface area contributed by atoms with Gasteiger partial charge in [0.2, 0.25) is 0 Å². The number of aromatic carboxylic acids is 1. The molecule has 1 heterocycles. The highest BCUT2D eigenvalue weighted by Crippen LogP contribution is 2.13. The largest absolute Gasteiger partial charge is 0.481 e. The smallest absolute Gasteiger partial charge is 0.358 e. The summed E-state index contributed by atoms with van der Waals surface area (Å²) in [5, 5.41) is 25.3. The molecule has 1 aromatic carbocycles. The van der Waals surface area contributed by atoms with Crippen LogP contribution in [-0.4, -0.2) is 37.1 Å². The monoisotopic (exact) mass is 315 g/mol. The normalized spacial score (nSPS) is 11.0. The summed E-state index contributed by atoms with van der Waals surface area (Å²) in [4.78, 5) is 21.8. The predicted octanol–water partition coefficient (Wildman–Crippen LogP) is 2.32. The van der Waals surface area contributed by atoms with Crippen molar-refractivity contribution in [2.45, 2.75) is 26.3 Å². The lowest BCUT2D eigenvalue weighted by molar-refractivity contribution is -0.137. The van der Waals surface area contributed by atoms with Crippen molar-refractivity contribution in [1.82, 2.24) is 15.0 Å². The van der Waals surface area contributed by atoms with E-state index in [1.54, 1.807) is 12.2 Å². The van der Waals surface area contributed by atoms with E-state index in [-0.39, 0.29) is 12.1 Å². The molecule has 2 N–H and O–H groups in total. The first-order valence-electron chi connectivity index (χ1n) is 7.10. The Morgan fingerprint density at radius 3 is 2.48 bits per heavy atom. The zero-order chi connectivity index (χ0) is 16.8. The van der Waals surface area contributed by atoms with Crippen molar-refractivity contribution in [1.29, 1.82) is 0 Å². The van der Waals surface area contributed by atoms with Gasteiger partial charge in [0.15, 0.2) is 5.69 Å². The number of hydrogen-bond acceptors (Lipinski definition) is 4. The number of nitrogens with zero attached hydrogens (tertiary/aromatic N) is 3. The lowest BCUT2D eigenvalue weighted by Gasteiger charge is -2.02. The van der Waals surface area contributed by atoms with Crippen LogP contribution in [0.4, 0.5) is 0 Å². The van der Waals surface area contributed by atoms with Crippen LogP contribution in [0.5, 0.6) is 0 Å². The number of carbonyl (C=O) groups is 2. The van der Waals surface area contributed by atoms with Gasteiger partial charge in [-0.25, -0.2) is 9.48 Å². The van der Waals surface area contributed by atoms with Crippen molar-refractivity contribution in [3.05, 3.63) is 46.8 Å². The summed E-state index contributed by atoms with van der Waals surface area (Å²) in [5.74, 6) is -2.07. The van der Waals surface area contributed by atoms with Crippen LogP contribution in [-0.2, 0) is 11.3 Å². The molecule has 1 aromatic heterocycles. The van der Waals surface area contributed by atoms with Crippen molar-refractivity contribution in [2.24, 2.45) is 0 Å². The lowest BCUT2D eigenvalue weighted by Crippen LogP contribution is -2.07. The molecule has 0 spiro atoms. The second-order valence-corrected chi connectivity index (χ2v) is 5.09. The number of aromatic nitrogens is 3. The van der Waals surface area contributed by atoms with Crippen LogP contribution in [0.25, 0.3) is 12.2 Å². The number of hydrogen-bond donors (Lipinski definition) is 2. The first-order valence-corrected chi connectivity index (χ1v) is 7.10. The van der Waals surface area contributed by atoms with Gasteiger partial charge in [-0.15, -0.1) is 5.10 Å². The van der Waals surface area contributed by atoms with E-state index in [1.165, 1.54) is 4.68 Å². The van der Waals surface area contributed by atoms with Gasteiger partial charge in [0, 0.05) is 13.0 Å². The Morgan fingerprint density at radius 2 is 1.87 bits per heavy atom. The second kappa shape index (κ2) is 7.35. The van der Waals surface area contributed by atoms with E-state index >= 15 is 0 Å². The Kier molecular flexibility index (Phi) is 5.24. The molecule has 0 saturated heterocycles. The van der Waals surface area contributed by atoms with Crippen LogP contribution >= 0.6 is 0 Å². The van der Waals surface area contributed by atoms with Crippen LogP contribution in [0.1, 0.15) is 40.2 Å². The minimum absolute atomic E-state index is 0.0105. The molecule has 0 aliphatic carbocycles. The number of aryl methyl sites for hydroxylation is 2. The summed E-state index contributed by atoms with van der Waals surface area (Å²) < 4.78 is 1.41. The minimum atomic E-state index is -1.17. The fourth-order valence-corrected chi connectivity index (χ4v) is 2.04. The molecule has 23 heavy (non-hydrogen) atoms. The van der Waals surface area contributed by atoms with Gasteiger partial charge in [-0.2, -0.15) is 0 Å². The molecular formula is C16H17N3O4. The minimum Gasteiger partial charge on any atom is -0.481 e. The maximum atomic E-state index is 11.2. The van der Waals surface area contributed by atoms with Crippen molar-refractivity contribution in [2.75, 3.05) is 0 Å². The van der Waals surface area contributed by atoms with E-state index in [0.29, 0.717) is 18.7 Å². The number of benzene rings is 1. The molecule has 0 radical (unpaired) electrons. The van der Waals surface area contributed by atoms with Gasteiger partial charge in [0.1, 0.15) is 0 Å². The second-order valence-electron chi connectivity index (χ2n) is 5.09. The Hall–Kier alpha value is -2.96. The SMILES string of the molecule is Cc1ccc(/C=C/c2c(C(=O)O)nnn2CCCC(=O)O)cc1. The Bertz CT molecular complexity index is 732. The van der Waals surface area contributed by atoms with Crippen LogP contribution in [0.2, 0.25) is 0 Å². The molecule has 0 aliphatic heterocycles. The summed E-state index contributed by atoms with van der Waals surface area (Å²) in [6, 6.07) is 7.76. The third-order valence-corrected chi connectivity index (χ3v) is 3.25. The quantitative estimate of drug-likeness (QED) is 0.812. The van der Waals surface area contributed by atoms with Gasteiger partial charge in [-0.1, -0.05) is 41.1 Å². The fraction of sp³-hybridized carbons (Fsp3) is 0.250. The number of rotatable bonds is 7. The zero-order valence-electron chi connectivity index (χ0n) is 12.6. The molecule has 0 atom stereocenters. The van der Waals surface area contributed by atoms with Crippen molar-refractivity contribution >= 4 is 24.1 Å². The number of carboxylic acids is 2. The average molecular weight is 315 g/mol. The molecule has 0 saturated carbocycles. The third-order valence-electron chi connectivity index (χ3n) is 3.25. The number of aliphatic carboxylic acids is 1. The Morgan fingerprint density at radius 1 is 1.17 bits per heavy atom. The molecule has 7 nitrogen and oxygen atoms in total. The van der Waals surface area contributed by atoms with Crippen LogP contribution in [0.3, 0.4) is 0 Å². The first kappa shape index (κ1) is 16.4. The molecule has 7 heteroatoms. The van der Waals surface area contributed by atoms with Crippen LogP contribution < -0.4 is 0 Å². The Labute approximate surface area is 132 Å². The third kappa shape index (κ3) is 4.50. The van der Waals surface area contributed by atoms with E-state index in [1.807, 2.05) is 31.2 Å². The average Bonchev–Trinajstić information content (AvgIpc) is 2.89. The maximum absolute atomic E-state index is 11.2. The van der Waals surface area contributed by atoms with E-state index in [9.17, 15) is 14.7 Å². The highest BCUT2D eigenvalue weighted by Gasteiger charge is 2.16. The molecule has 120 valence electrons. The fourth-order valence-electron chi connectivity index (χ4n) is 2.04. The highest BCUT2D eigenvalue weighted by atomic mass is 16.4. The van der Waals surface area contributed by atoms with Gasteiger partial charge in [0.05, 0.1) is 5.69 Å². The zero-order valence-corrected chi connectivity index (χ0v) is 12.6. The molecule has 2 rings (SSSR count). The van der Waals surface area contributed by atoms with Crippen molar-refractivity contribution in [3.63, 3.8) is 0 Å². The molecule has 0 amide bonds. The molecular weight excluding hydrogens is 298 g/mol. The van der Waals surface area contributed by atoms with Crippen LogP contribution in [0.15, 0.2) is 24.3 Å². The van der Waals surface area contributed by atoms with Gasteiger partial charge in [-0.05, 0) is 25.0 Å². The summed E-state index contributed by atoms with van der Waals surface area (Å²) in [7, 11) is 0. The maximum Gasteiger partial charge on any atom is 0.358 e. The summed E-state index contributed by atoms with van der Waals surface area (Å²) >= 11 is 0. The van der Waals surface area contributed by atoms with Gasteiger partial charge >= 0.3 is 11.9 Å². The molecule has 0 unspecified atom stereocenters. The van der Waals surface area contributed by atoms with Crippen molar-refractivity contribution < 1.29 is 19.8 Å². The van der Waals surface area contributed by atoms with Crippen LogP contribution in [0, 0.1) is 6.92 Å². The van der Waals surface area contributed by atoms with Gasteiger partial charge in [-0.3, -0.25) is 4.79 Å². The highest BCUT2D eigenvalue weighted by molar-refractivity contribution is 5.90. The van der Waals surface area contributed by atoms with Gasteiger partial charge < -0.3 is 10.2 Å². The molecule has 0 fully saturated rings. The standard InChI is InChI=1S/C16H17N3O4/c1-11-4-6-12(7-5-11)8-9-13-15(16(22)23)17-18-19(13)10-2-3-14(20)21/h4-9H,2-3,10H2,1H3,(H,20,21)(H,22,23)/b9-8+. The summed E-state index contributed by atoms with van der Waals surface area (Å²) in [6.07, 6.45) is 3.75. The van der Waals surface area contributed by atoms with E-state index in [4.69, 9.17) is 5.11 Å². The molecule has 0 bridgehead atoms. The molecule has 2 aromatic rings. The number of carboxylic acid groups (broad SMARTS) is 2. The van der Waals surface area contributed by atoms with E-state index in [0.717, 1.165) is 11.1 Å².